The van der Waals surface area contributed by atoms with Gasteiger partial charge in [-0.25, -0.2) is 0 Å². The third kappa shape index (κ3) is 3.42. The second-order valence-electron chi connectivity index (χ2n) is 4.54. The number of nitrogens with two attached hydrogens (primary N) is 2. The van der Waals surface area contributed by atoms with E-state index in [0.29, 0.717) is 16.4 Å². The molecule has 1 unspecified atom stereocenters. The van der Waals surface area contributed by atoms with Crippen LogP contribution in [0.25, 0.3) is 0 Å². The van der Waals surface area contributed by atoms with Gasteiger partial charge in [-0.3, -0.25) is 4.79 Å². The highest BCUT2D eigenvalue weighted by Crippen LogP contribution is 2.30. The Morgan fingerprint density at radius 3 is 2.71 bits per heavy atom. The summed E-state index contributed by atoms with van der Waals surface area (Å²) in [5, 5.41) is 3.17. The second kappa shape index (κ2) is 6.43. The molecule has 5 heteroatoms. The summed E-state index contributed by atoms with van der Waals surface area (Å²) in [5.74, 6) is -0.275. The van der Waals surface area contributed by atoms with Gasteiger partial charge in [0.1, 0.15) is 0 Å². The molecule has 0 fully saturated rings. The van der Waals surface area contributed by atoms with Gasteiger partial charge in [-0.1, -0.05) is 42.4 Å². The van der Waals surface area contributed by atoms with Gasteiger partial charge in [0.05, 0.1) is 16.8 Å². The molecule has 0 spiro atoms. The first-order chi connectivity index (χ1) is 10.0. The van der Waals surface area contributed by atoms with Crippen LogP contribution < -0.4 is 16.8 Å². The first kappa shape index (κ1) is 15.1. The van der Waals surface area contributed by atoms with Crippen molar-refractivity contribution in [2.45, 2.75) is 6.04 Å². The van der Waals surface area contributed by atoms with Crippen LogP contribution in [-0.4, -0.2) is 5.91 Å². The summed E-state index contributed by atoms with van der Waals surface area (Å²) in [6.45, 7) is 3.42. The Labute approximate surface area is 128 Å². The summed E-state index contributed by atoms with van der Waals surface area (Å²) in [6, 6.07) is 12.2. The number of hydrogen-bond donors (Lipinski definition) is 3. The molecule has 1 atom stereocenters. The van der Waals surface area contributed by atoms with Crippen LogP contribution in [0.2, 0.25) is 5.02 Å². The number of benzene rings is 2. The van der Waals surface area contributed by atoms with E-state index in [1.165, 1.54) is 6.08 Å². The van der Waals surface area contributed by atoms with Gasteiger partial charge in [-0.05, 0) is 35.4 Å². The van der Waals surface area contributed by atoms with Crippen LogP contribution in [0.3, 0.4) is 0 Å². The first-order valence-corrected chi connectivity index (χ1v) is 6.73. The zero-order chi connectivity index (χ0) is 15.4. The number of nitrogens with one attached hydrogen (secondary N) is 1. The van der Waals surface area contributed by atoms with E-state index in [9.17, 15) is 4.79 Å². The SMILES string of the molecule is C=CC(=O)Nc1cccc(C(N)c2cccc(Cl)c2N)c1. The van der Waals surface area contributed by atoms with E-state index in [4.69, 9.17) is 23.1 Å². The van der Waals surface area contributed by atoms with E-state index in [1.54, 1.807) is 24.3 Å². The van der Waals surface area contributed by atoms with E-state index < -0.39 is 6.04 Å². The Kier molecular flexibility index (Phi) is 4.62. The van der Waals surface area contributed by atoms with Gasteiger partial charge in [-0.2, -0.15) is 0 Å². The van der Waals surface area contributed by atoms with Crippen LogP contribution >= 0.6 is 11.6 Å². The Morgan fingerprint density at radius 2 is 2.00 bits per heavy atom. The Morgan fingerprint density at radius 1 is 1.29 bits per heavy atom. The van der Waals surface area contributed by atoms with Gasteiger partial charge in [0.2, 0.25) is 5.91 Å². The van der Waals surface area contributed by atoms with E-state index >= 15 is 0 Å². The number of rotatable bonds is 4. The van der Waals surface area contributed by atoms with Crippen LogP contribution in [0.1, 0.15) is 17.2 Å². The molecule has 1 amide bonds. The predicted molar refractivity (Wildman–Crippen MR) is 87.2 cm³/mol. The molecule has 0 saturated carbocycles. The summed E-state index contributed by atoms with van der Waals surface area (Å²) in [5.41, 5.74) is 14.9. The number of nitrogen functional groups attached to an aromatic ring is 1. The average molecular weight is 302 g/mol. The molecular formula is C16H16ClN3O. The van der Waals surface area contributed by atoms with Crippen molar-refractivity contribution in [2.75, 3.05) is 11.1 Å². The summed E-state index contributed by atoms with van der Waals surface area (Å²) in [4.78, 5) is 11.3. The average Bonchev–Trinajstić information content (AvgIpc) is 2.49. The van der Waals surface area contributed by atoms with Crippen molar-refractivity contribution in [3.8, 4) is 0 Å². The van der Waals surface area contributed by atoms with E-state index in [0.717, 1.165) is 11.1 Å². The van der Waals surface area contributed by atoms with Crippen molar-refractivity contribution in [3.05, 3.63) is 71.3 Å². The minimum atomic E-state index is -0.427. The highest BCUT2D eigenvalue weighted by Gasteiger charge is 2.14. The quantitative estimate of drug-likeness (QED) is 0.599. The minimum Gasteiger partial charge on any atom is -0.397 e. The molecule has 0 aliphatic rings. The second-order valence-corrected chi connectivity index (χ2v) is 4.95. The molecule has 4 nitrogen and oxygen atoms in total. The van der Waals surface area contributed by atoms with E-state index in [1.807, 2.05) is 18.2 Å². The lowest BCUT2D eigenvalue weighted by atomic mass is 9.98. The molecule has 0 bridgehead atoms. The van der Waals surface area contributed by atoms with Crippen molar-refractivity contribution in [2.24, 2.45) is 5.73 Å². The van der Waals surface area contributed by atoms with Gasteiger partial charge in [0.15, 0.2) is 0 Å². The maximum atomic E-state index is 11.3. The number of hydrogen-bond acceptors (Lipinski definition) is 3. The van der Waals surface area contributed by atoms with Gasteiger partial charge in [-0.15, -0.1) is 0 Å². The normalized spacial score (nSPS) is 11.7. The largest absolute Gasteiger partial charge is 0.397 e. The number of anilines is 2. The van der Waals surface area contributed by atoms with Crippen molar-refractivity contribution >= 4 is 28.9 Å². The van der Waals surface area contributed by atoms with Crippen molar-refractivity contribution in [1.82, 2.24) is 0 Å². The smallest absolute Gasteiger partial charge is 0.247 e. The number of carbonyl (C=O) groups is 1. The highest BCUT2D eigenvalue weighted by molar-refractivity contribution is 6.33. The van der Waals surface area contributed by atoms with E-state index in [-0.39, 0.29) is 5.91 Å². The first-order valence-electron chi connectivity index (χ1n) is 6.35. The molecular weight excluding hydrogens is 286 g/mol. The van der Waals surface area contributed by atoms with Gasteiger partial charge in [0, 0.05) is 5.69 Å². The van der Waals surface area contributed by atoms with Crippen LogP contribution in [0.4, 0.5) is 11.4 Å². The number of para-hydroxylation sites is 1. The molecule has 21 heavy (non-hydrogen) atoms. The molecule has 0 aliphatic carbocycles. The minimum absolute atomic E-state index is 0.275. The monoisotopic (exact) mass is 301 g/mol. The molecule has 0 saturated heterocycles. The van der Waals surface area contributed by atoms with Crippen LogP contribution in [0.15, 0.2) is 55.1 Å². The van der Waals surface area contributed by atoms with Crippen molar-refractivity contribution < 1.29 is 4.79 Å². The summed E-state index contributed by atoms with van der Waals surface area (Å²) in [6.07, 6.45) is 1.21. The zero-order valence-corrected chi connectivity index (χ0v) is 12.1. The zero-order valence-electron chi connectivity index (χ0n) is 11.3. The molecule has 0 aromatic heterocycles. The molecule has 0 heterocycles. The van der Waals surface area contributed by atoms with Gasteiger partial charge >= 0.3 is 0 Å². The Bertz CT molecular complexity index is 685. The van der Waals surface area contributed by atoms with Crippen LogP contribution in [0, 0.1) is 0 Å². The molecule has 108 valence electrons. The number of halogens is 1. The molecule has 2 aromatic rings. The Balaban J connectivity index is 2.33. The lowest BCUT2D eigenvalue weighted by Gasteiger charge is -2.16. The highest BCUT2D eigenvalue weighted by atomic mass is 35.5. The maximum absolute atomic E-state index is 11.3. The number of carbonyl (C=O) groups excluding carboxylic acids is 1. The molecule has 2 aromatic carbocycles. The lowest BCUT2D eigenvalue weighted by molar-refractivity contribution is -0.111. The van der Waals surface area contributed by atoms with Crippen LogP contribution in [-0.2, 0) is 4.79 Å². The molecule has 5 N–H and O–H groups in total. The third-order valence-electron chi connectivity index (χ3n) is 3.12. The topological polar surface area (TPSA) is 81.1 Å². The fourth-order valence-corrected chi connectivity index (χ4v) is 2.19. The molecule has 0 radical (unpaired) electrons. The van der Waals surface area contributed by atoms with Crippen molar-refractivity contribution in [3.63, 3.8) is 0 Å². The predicted octanol–water partition coefficient (Wildman–Crippen LogP) is 3.09. The summed E-state index contributed by atoms with van der Waals surface area (Å²) in [7, 11) is 0. The lowest BCUT2D eigenvalue weighted by Crippen LogP contribution is -2.15. The molecule has 2 rings (SSSR count). The van der Waals surface area contributed by atoms with E-state index in [2.05, 4.69) is 11.9 Å². The molecule has 0 aliphatic heterocycles. The third-order valence-corrected chi connectivity index (χ3v) is 3.45. The Hall–Kier alpha value is -2.30. The summed E-state index contributed by atoms with van der Waals surface area (Å²) >= 11 is 6.02. The van der Waals surface area contributed by atoms with Gasteiger partial charge < -0.3 is 16.8 Å². The summed E-state index contributed by atoms with van der Waals surface area (Å²) < 4.78 is 0. The van der Waals surface area contributed by atoms with Gasteiger partial charge in [0.25, 0.3) is 0 Å². The fraction of sp³-hybridized carbons (Fsp3) is 0.0625. The van der Waals surface area contributed by atoms with Crippen molar-refractivity contribution in [1.29, 1.82) is 0 Å². The fourth-order valence-electron chi connectivity index (χ4n) is 2.01. The van der Waals surface area contributed by atoms with Crippen LogP contribution in [0.5, 0.6) is 0 Å². The standard InChI is InChI=1S/C16H16ClN3O/c1-2-14(21)20-11-6-3-5-10(9-11)15(18)12-7-4-8-13(17)16(12)19/h2-9,15H,1,18-19H2,(H,20,21). The number of amides is 1. The maximum Gasteiger partial charge on any atom is 0.247 e.